The fourth-order valence-corrected chi connectivity index (χ4v) is 5.28. The second-order valence-electron chi connectivity index (χ2n) is 8.48. The number of imide groups is 2. The number of quaternary nitrogens is 1. The Balaban J connectivity index is 1.55. The molecule has 7 heteroatoms. The lowest BCUT2D eigenvalue weighted by Gasteiger charge is -2.53. The summed E-state index contributed by atoms with van der Waals surface area (Å²) in [6, 6.07) is 17.3. The van der Waals surface area contributed by atoms with Crippen LogP contribution >= 0.6 is 0 Å². The van der Waals surface area contributed by atoms with Gasteiger partial charge in [-0.2, -0.15) is 0 Å². The third-order valence-corrected chi connectivity index (χ3v) is 6.82. The lowest BCUT2D eigenvalue weighted by atomic mass is 9.67. The van der Waals surface area contributed by atoms with E-state index in [9.17, 15) is 14.4 Å². The number of carbonyl (C=O) groups is 3. The number of fused-ring (bicyclic) bond motifs is 4. The first-order chi connectivity index (χ1) is 14.5. The summed E-state index contributed by atoms with van der Waals surface area (Å²) >= 11 is 0. The Morgan fingerprint density at radius 1 is 1.07 bits per heavy atom. The number of rotatable bonds is 2. The van der Waals surface area contributed by atoms with E-state index in [2.05, 4.69) is 28.4 Å². The quantitative estimate of drug-likeness (QED) is 0.701. The molecule has 0 aromatic heterocycles. The minimum atomic E-state index is -1.29. The molecule has 2 fully saturated rings. The number of hydrogen-bond acceptors (Lipinski definition) is 4. The molecule has 2 aromatic carbocycles. The number of piperazine rings is 1. The highest BCUT2D eigenvalue weighted by Crippen LogP contribution is 2.44. The van der Waals surface area contributed by atoms with Crippen molar-refractivity contribution in [1.29, 1.82) is 0 Å². The Labute approximate surface area is 175 Å². The van der Waals surface area contributed by atoms with Crippen LogP contribution in [0.4, 0.5) is 10.5 Å². The van der Waals surface area contributed by atoms with Crippen molar-refractivity contribution < 1.29 is 19.3 Å². The highest BCUT2D eigenvalue weighted by Gasteiger charge is 2.63. The first-order valence-electron chi connectivity index (χ1n) is 10.4. The number of nitrogens with one attached hydrogen (secondary N) is 2. The van der Waals surface area contributed by atoms with Crippen LogP contribution in [0.2, 0.25) is 0 Å². The minimum absolute atomic E-state index is 0.303. The summed E-state index contributed by atoms with van der Waals surface area (Å²) < 4.78 is 0. The molecule has 0 radical (unpaired) electrons. The fourth-order valence-electron chi connectivity index (χ4n) is 5.28. The second-order valence-corrected chi connectivity index (χ2v) is 8.48. The van der Waals surface area contributed by atoms with Crippen LogP contribution in [0.1, 0.15) is 11.1 Å². The van der Waals surface area contributed by atoms with Gasteiger partial charge >= 0.3 is 6.03 Å². The van der Waals surface area contributed by atoms with Gasteiger partial charge in [0.25, 0.3) is 0 Å². The van der Waals surface area contributed by atoms with Gasteiger partial charge in [0.1, 0.15) is 12.6 Å². The highest BCUT2D eigenvalue weighted by molar-refractivity contribution is 6.20. The lowest BCUT2D eigenvalue weighted by Crippen LogP contribution is -3.15. The van der Waals surface area contributed by atoms with Crippen molar-refractivity contribution in [2.24, 2.45) is 5.41 Å². The molecule has 3 aliphatic rings. The number of anilines is 1. The zero-order valence-electron chi connectivity index (χ0n) is 16.9. The van der Waals surface area contributed by atoms with Gasteiger partial charge in [0.15, 0.2) is 5.41 Å². The predicted molar refractivity (Wildman–Crippen MR) is 111 cm³/mol. The molecule has 0 aliphatic carbocycles. The van der Waals surface area contributed by atoms with Gasteiger partial charge < -0.3 is 9.80 Å². The highest BCUT2D eigenvalue weighted by atomic mass is 16.2. The Bertz CT molecular complexity index is 1020. The summed E-state index contributed by atoms with van der Waals surface area (Å²) in [7, 11) is 1.45. The van der Waals surface area contributed by atoms with Gasteiger partial charge in [-0.05, 0) is 11.6 Å². The molecule has 7 nitrogen and oxygen atoms in total. The van der Waals surface area contributed by atoms with Crippen LogP contribution in [-0.4, -0.2) is 55.5 Å². The maximum Gasteiger partial charge on any atom is 0.330 e. The standard InChI is InChI=1S/C23H24N4O3/c1-25-21(29)23(20(28)24-22(25)30)13-17-9-5-6-10-18(17)27-12-11-26(15-19(23)27)14-16-7-3-2-4-8-16/h2-10,19H,11-15H2,1H3,(H,24,28,30)/p+1/t19-,23+/m1/s1. The largest absolute Gasteiger partial charge is 0.355 e. The molecule has 2 aromatic rings. The van der Waals surface area contributed by atoms with Crippen molar-refractivity contribution in [3.8, 4) is 0 Å². The molecule has 1 spiro atoms. The van der Waals surface area contributed by atoms with E-state index in [4.69, 9.17) is 0 Å². The number of urea groups is 1. The number of amides is 4. The molecule has 4 amide bonds. The Morgan fingerprint density at radius 2 is 1.80 bits per heavy atom. The van der Waals surface area contributed by atoms with Gasteiger partial charge in [0.2, 0.25) is 11.8 Å². The fraction of sp³-hybridized carbons (Fsp3) is 0.348. The van der Waals surface area contributed by atoms with E-state index in [-0.39, 0.29) is 6.04 Å². The van der Waals surface area contributed by atoms with Gasteiger partial charge in [-0.25, -0.2) is 4.79 Å². The zero-order valence-corrected chi connectivity index (χ0v) is 16.9. The summed E-state index contributed by atoms with van der Waals surface area (Å²) in [5.74, 6) is -0.872. The third kappa shape index (κ3) is 2.73. The number of nitrogens with zero attached hydrogens (tertiary/aromatic N) is 2. The molecular formula is C23H25N4O3+. The summed E-state index contributed by atoms with van der Waals surface area (Å²) in [4.78, 5) is 43.4. The molecule has 154 valence electrons. The number of hydrogen-bond donors (Lipinski definition) is 2. The maximum atomic E-state index is 13.5. The van der Waals surface area contributed by atoms with Crippen LogP contribution in [-0.2, 0) is 22.6 Å². The summed E-state index contributed by atoms with van der Waals surface area (Å²) in [6.07, 6.45) is 0.311. The Hall–Kier alpha value is -3.19. The van der Waals surface area contributed by atoms with E-state index in [0.717, 1.165) is 35.8 Å². The monoisotopic (exact) mass is 405 g/mol. The Kier molecular flexibility index (Phi) is 4.36. The van der Waals surface area contributed by atoms with Gasteiger partial charge in [0.05, 0.1) is 19.6 Å². The average Bonchev–Trinajstić information content (AvgIpc) is 2.77. The topological polar surface area (TPSA) is 74.2 Å². The molecule has 1 unspecified atom stereocenters. The number of benzene rings is 2. The Morgan fingerprint density at radius 3 is 2.60 bits per heavy atom. The zero-order chi connectivity index (χ0) is 20.9. The minimum Gasteiger partial charge on any atom is -0.355 e. The molecule has 5 rings (SSSR count). The van der Waals surface area contributed by atoms with E-state index in [1.807, 2.05) is 36.4 Å². The van der Waals surface area contributed by atoms with Gasteiger partial charge in [0, 0.05) is 24.7 Å². The van der Waals surface area contributed by atoms with Crippen LogP contribution < -0.4 is 15.1 Å². The molecule has 30 heavy (non-hydrogen) atoms. The van der Waals surface area contributed by atoms with Crippen molar-refractivity contribution in [1.82, 2.24) is 10.2 Å². The van der Waals surface area contributed by atoms with E-state index in [0.29, 0.717) is 13.0 Å². The van der Waals surface area contributed by atoms with Crippen LogP contribution in [0.5, 0.6) is 0 Å². The van der Waals surface area contributed by atoms with Gasteiger partial charge in [-0.3, -0.25) is 19.8 Å². The van der Waals surface area contributed by atoms with Crippen molar-refractivity contribution in [2.45, 2.75) is 19.0 Å². The molecular weight excluding hydrogens is 380 g/mol. The van der Waals surface area contributed by atoms with E-state index in [1.165, 1.54) is 17.5 Å². The summed E-state index contributed by atoms with van der Waals surface area (Å²) in [5, 5.41) is 2.44. The van der Waals surface area contributed by atoms with Crippen molar-refractivity contribution in [3.05, 3.63) is 65.7 Å². The van der Waals surface area contributed by atoms with Crippen LogP contribution in [0, 0.1) is 5.41 Å². The van der Waals surface area contributed by atoms with Crippen LogP contribution in [0.15, 0.2) is 54.6 Å². The molecule has 0 saturated carbocycles. The summed E-state index contributed by atoms with van der Waals surface area (Å²) in [5.41, 5.74) is 2.01. The maximum absolute atomic E-state index is 13.5. The van der Waals surface area contributed by atoms with Crippen molar-refractivity contribution >= 4 is 23.5 Å². The second kappa shape index (κ2) is 6.95. The van der Waals surface area contributed by atoms with E-state index in [1.54, 1.807) is 0 Å². The number of carbonyl (C=O) groups excluding carboxylic acids is 3. The first kappa shape index (κ1) is 18.8. The van der Waals surface area contributed by atoms with Gasteiger partial charge in [-0.15, -0.1) is 0 Å². The van der Waals surface area contributed by atoms with E-state index < -0.39 is 23.3 Å². The third-order valence-electron chi connectivity index (χ3n) is 6.82. The van der Waals surface area contributed by atoms with Gasteiger partial charge in [-0.1, -0.05) is 48.5 Å². The summed E-state index contributed by atoms with van der Waals surface area (Å²) in [6.45, 7) is 3.17. The van der Waals surface area contributed by atoms with Crippen molar-refractivity contribution in [2.75, 3.05) is 31.6 Å². The smallest absolute Gasteiger partial charge is 0.330 e. The van der Waals surface area contributed by atoms with Crippen LogP contribution in [0.3, 0.4) is 0 Å². The number of para-hydroxylation sites is 1. The molecule has 0 bridgehead atoms. The molecule has 2 saturated heterocycles. The predicted octanol–water partition coefficient (Wildman–Crippen LogP) is 0.211. The normalized spacial score (nSPS) is 28.2. The SMILES string of the molecule is CN1C(=O)NC(=O)[C@@]2(Cc3ccccc3N3CC[NH+](Cc4ccccc4)C[C@@H]32)C1=O. The van der Waals surface area contributed by atoms with Crippen molar-refractivity contribution in [3.63, 3.8) is 0 Å². The molecule has 3 heterocycles. The van der Waals surface area contributed by atoms with E-state index >= 15 is 0 Å². The molecule has 3 aliphatic heterocycles. The number of barbiturate groups is 1. The average molecular weight is 405 g/mol. The molecule has 3 atom stereocenters. The lowest BCUT2D eigenvalue weighted by molar-refractivity contribution is -0.917. The molecule has 2 N–H and O–H groups in total. The first-order valence-corrected chi connectivity index (χ1v) is 10.4. The van der Waals surface area contributed by atoms with Crippen LogP contribution in [0.25, 0.3) is 0 Å².